The van der Waals surface area contributed by atoms with Crippen LogP contribution in [0.15, 0.2) is 0 Å². The van der Waals surface area contributed by atoms with Crippen LogP contribution < -0.4 is 11.1 Å². The molecule has 0 fully saturated rings. The van der Waals surface area contributed by atoms with E-state index >= 15 is 0 Å². The normalized spacial score (nSPS) is 19.1. The first-order valence-electron chi connectivity index (χ1n) is 5.15. The number of nitrogens with two attached hydrogens (primary N) is 1. The molecule has 2 unspecified atom stereocenters. The first-order chi connectivity index (χ1) is 6.75. The van der Waals surface area contributed by atoms with Crippen LogP contribution in [0.4, 0.5) is 0 Å². The minimum Gasteiger partial charge on any atom is -0.393 e. The van der Waals surface area contributed by atoms with E-state index in [1.165, 1.54) is 6.92 Å². The smallest absolute Gasteiger partial charge is 0.239 e. The zero-order valence-electron chi connectivity index (χ0n) is 9.71. The fourth-order valence-corrected chi connectivity index (χ4v) is 1.16. The second-order valence-electron chi connectivity index (χ2n) is 4.51. The minimum atomic E-state index is -1.29. The van der Waals surface area contributed by atoms with E-state index in [4.69, 9.17) is 10.8 Å². The van der Waals surface area contributed by atoms with Crippen molar-refractivity contribution in [3.05, 3.63) is 0 Å². The topological polar surface area (TPSA) is 95.6 Å². The number of carbonyl (C=O) groups excluding carboxylic acids is 1. The van der Waals surface area contributed by atoms with Gasteiger partial charge < -0.3 is 21.3 Å². The van der Waals surface area contributed by atoms with Crippen LogP contribution in [0.3, 0.4) is 0 Å². The van der Waals surface area contributed by atoms with Gasteiger partial charge in [0, 0.05) is 6.54 Å². The molecule has 0 heterocycles. The highest BCUT2D eigenvalue weighted by Gasteiger charge is 2.29. The summed E-state index contributed by atoms with van der Waals surface area (Å²) in [5, 5.41) is 20.8. The molecule has 90 valence electrons. The lowest BCUT2D eigenvalue weighted by atomic mass is 9.96. The van der Waals surface area contributed by atoms with Gasteiger partial charge in [0.2, 0.25) is 5.91 Å². The minimum absolute atomic E-state index is 0.00115. The van der Waals surface area contributed by atoms with Crippen molar-refractivity contribution in [3.63, 3.8) is 0 Å². The van der Waals surface area contributed by atoms with Gasteiger partial charge in [-0.15, -0.1) is 0 Å². The largest absolute Gasteiger partial charge is 0.393 e. The summed E-state index contributed by atoms with van der Waals surface area (Å²) in [5.74, 6) is -0.307. The number of amides is 1. The van der Waals surface area contributed by atoms with E-state index in [0.29, 0.717) is 6.42 Å². The highest BCUT2D eigenvalue weighted by Crippen LogP contribution is 2.09. The molecular formula is C10H22N2O3. The summed E-state index contributed by atoms with van der Waals surface area (Å²) in [7, 11) is 0. The number of aliphatic hydroxyl groups is 2. The van der Waals surface area contributed by atoms with Crippen molar-refractivity contribution in [2.24, 2.45) is 5.73 Å². The van der Waals surface area contributed by atoms with Gasteiger partial charge in [-0.05, 0) is 20.3 Å². The first-order valence-corrected chi connectivity index (χ1v) is 5.15. The van der Waals surface area contributed by atoms with E-state index in [2.05, 4.69) is 5.32 Å². The summed E-state index contributed by atoms with van der Waals surface area (Å²) >= 11 is 0. The lowest BCUT2D eigenvalue weighted by molar-refractivity contribution is -0.127. The number of hydrogen-bond donors (Lipinski definition) is 4. The van der Waals surface area contributed by atoms with Gasteiger partial charge in [-0.25, -0.2) is 0 Å². The van der Waals surface area contributed by atoms with Crippen molar-refractivity contribution < 1.29 is 15.0 Å². The summed E-state index contributed by atoms with van der Waals surface area (Å²) in [5.41, 5.74) is 3.58. The maximum Gasteiger partial charge on any atom is 0.239 e. The predicted molar refractivity (Wildman–Crippen MR) is 58.2 cm³/mol. The lowest BCUT2D eigenvalue weighted by Gasteiger charge is -2.26. The van der Waals surface area contributed by atoms with Crippen LogP contribution in [-0.4, -0.2) is 40.4 Å². The maximum atomic E-state index is 11.6. The molecule has 5 N–H and O–H groups in total. The summed E-state index contributed by atoms with van der Waals surface area (Å²) in [6, 6.07) is 0. The summed E-state index contributed by atoms with van der Waals surface area (Å²) in [6.07, 6.45) is 1.40. The molecule has 2 atom stereocenters. The Morgan fingerprint density at radius 1 is 1.47 bits per heavy atom. The molecule has 0 spiro atoms. The Kier molecular flexibility index (Phi) is 5.20. The third-order valence-electron chi connectivity index (χ3n) is 2.26. The van der Waals surface area contributed by atoms with Crippen LogP contribution in [0.1, 0.15) is 33.6 Å². The summed E-state index contributed by atoms with van der Waals surface area (Å²) in [4.78, 5) is 11.6. The molecule has 0 aliphatic carbocycles. The Bertz CT molecular complexity index is 215. The van der Waals surface area contributed by atoms with Crippen LogP contribution in [0.2, 0.25) is 0 Å². The molecule has 0 aromatic carbocycles. The number of nitrogens with one attached hydrogen (secondary N) is 1. The van der Waals surface area contributed by atoms with Gasteiger partial charge in [-0.3, -0.25) is 4.79 Å². The van der Waals surface area contributed by atoms with Crippen LogP contribution in [-0.2, 0) is 4.79 Å². The second-order valence-corrected chi connectivity index (χ2v) is 4.51. The summed E-state index contributed by atoms with van der Waals surface area (Å²) in [6.45, 7) is 4.64. The van der Waals surface area contributed by atoms with Crippen LogP contribution >= 0.6 is 0 Å². The van der Waals surface area contributed by atoms with E-state index in [0.717, 1.165) is 6.42 Å². The standard InChI is InChI=1S/C10H22N2O3/c1-4-5-10(3,11)8(14)12-6-9(2,15)7-13/h13,15H,4-7,11H2,1-3H3,(H,12,14). The molecule has 0 aromatic heterocycles. The van der Waals surface area contributed by atoms with Crippen molar-refractivity contribution in [2.45, 2.75) is 44.8 Å². The molecule has 5 heteroatoms. The Balaban J connectivity index is 4.14. The third-order valence-corrected chi connectivity index (χ3v) is 2.26. The SMILES string of the molecule is CCCC(C)(N)C(=O)NCC(C)(O)CO. The highest BCUT2D eigenvalue weighted by molar-refractivity contribution is 5.85. The van der Waals surface area contributed by atoms with Gasteiger partial charge in [-0.2, -0.15) is 0 Å². The zero-order chi connectivity index (χ0) is 12.1. The highest BCUT2D eigenvalue weighted by atomic mass is 16.3. The number of hydrogen-bond acceptors (Lipinski definition) is 4. The van der Waals surface area contributed by atoms with Gasteiger partial charge in [-0.1, -0.05) is 13.3 Å². The Morgan fingerprint density at radius 3 is 2.40 bits per heavy atom. The average molecular weight is 218 g/mol. The number of aliphatic hydroxyl groups excluding tert-OH is 1. The van der Waals surface area contributed by atoms with Crippen LogP contribution in [0.5, 0.6) is 0 Å². The second kappa shape index (κ2) is 5.44. The van der Waals surface area contributed by atoms with Gasteiger partial charge in [0.15, 0.2) is 0 Å². The van der Waals surface area contributed by atoms with Crippen molar-refractivity contribution in [1.82, 2.24) is 5.32 Å². The van der Waals surface area contributed by atoms with Crippen molar-refractivity contribution in [3.8, 4) is 0 Å². The zero-order valence-corrected chi connectivity index (χ0v) is 9.71. The molecule has 0 rings (SSSR count). The molecule has 0 aliphatic rings. The monoisotopic (exact) mass is 218 g/mol. The molecule has 0 saturated heterocycles. The fourth-order valence-electron chi connectivity index (χ4n) is 1.16. The molecule has 0 radical (unpaired) electrons. The van der Waals surface area contributed by atoms with Gasteiger partial charge in [0.25, 0.3) is 0 Å². The molecule has 0 aromatic rings. The molecule has 1 amide bonds. The van der Waals surface area contributed by atoms with E-state index in [1.807, 2.05) is 6.92 Å². The van der Waals surface area contributed by atoms with Gasteiger partial charge in [0.1, 0.15) is 5.60 Å². The average Bonchev–Trinajstić information content (AvgIpc) is 2.14. The number of carbonyl (C=O) groups is 1. The van der Waals surface area contributed by atoms with Crippen molar-refractivity contribution in [2.75, 3.05) is 13.2 Å². The molecule has 15 heavy (non-hydrogen) atoms. The number of rotatable bonds is 6. The summed E-state index contributed by atoms with van der Waals surface area (Å²) < 4.78 is 0. The van der Waals surface area contributed by atoms with E-state index in [1.54, 1.807) is 6.92 Å². The molecular weight excluding hydrogens is 196 g/mol. The third kappa shape index (κ3) is 5.11. The van der Waals surface area contributed by atoms with Crippen molar-refractivity contribution in [1.29, 1.82) is 0 Å². The Hall–Kier alpha value is -0.650. The first kappa shape index (κ1) is 14.3. The Labute approximate surface area is 90.7 Å². The maximum absolute atomic E-state index is 11.6. The molecule has 0 saturated carbocycles. The van der Waals surface area contributed by atoms with Crippen LogP contribution in [0.25, 0.3) is 0 Å². The molecule has 5 nitrogen and oxygen atoms in total. The van der Waals surface area contributed by atoms with Crippen molar-refractivity contribution >= 4 is 5.91 Å². The molecule has 0 aliphatic heterocycles. The fraction of sp³-hybridized carbons (Fsp3) is 0.900. The van der Waals surface area contributed by atoms with E-state index < -0.39 is 17.7 Å². The van der Waals surface area contributed by atoms with Gasteiger partial charge >= 0.3 is 0 Å². The van der Waals surface area contributed by atoms with E-state index in [-0.39, 0.29) is 12.5 Å². The predicted octanol–water partition coefficient (Wildman–Crippen LogP) is -0.637. The van der Waals surface area contributed by atoms with Crippen LogP contribution in [0, 0.1) is 0 Å². The Morgan fingerprint density at radius 2 is 2.00 bits per heavy atom. The molecule has 0 bridgehead atoms. The quantitative estimate of drug-likeness (QED) is 0.477. The van der Waals surface area contributed by atoms with E-state index in [9.17, 15) is 9.90 Å². The van der Waals surface area contributed by atoms with Gasteiger partial charge in [0.05, 0.1) is 12.1 Å². The lowest BCUT2D eigenvalue weighted by Crippen LogP contribution is -2.55.